The molecule has 8 heteroatoms. The Morgan fingerprint density at radius 1 is 1.21 bits per heavy atom. The van der Waals surface area contributed by atoms with Crippen molar-refractivity contribution in [2.24, 2.45) is 11.7 Å². The lowest BCUT2D eigenvalue weighted by atomic mass is 10.1. The molecule has 0 spiro atoms. The van der Waals surface area contributed by atoms with Crippen LogP contribution in [0.25, 0.3) is 10.9 Å². The number of aromatic nitrogens is 2. The van der Waals surface area contributed by atoms with Gasteiger partial charge in [0.2, 0.25) is 5.91 Å². The lowest BCUT2D eigenvalue weighted by Crippen LogP contribution is -2.48. The summed E-state index contributed by atoms with van der Waals surface area (Å²) in [5.41, 5.74) is 9.21. The van der Waals surface area contributed by atoms with Gasteiger partial charge in [0.15, 0.2) is 9.84 Å². The smallest absolute Gasteiger partial charge is 0.238 e. The van der Waals surface area contributed by atoms with Crippen LogP contribution in [0.3, 0.4) is 0 Å². The summed E-state index contributed by atoms with van der Waals surface area (Å²) >= 11 is 0. The molecule has 172 valence electrons. The number of hydrogen-bond acceptors (Lipinski definition) is 5. The van der Waals surface area contributed by atoms with Crippen molar-refractivity contribution in [1.82, 2.24) is 9.78 Å². The molecule has 1 unspecified atom stereocenters. The molecule has 0 aliphatic heterocycles. The Bertz CT molecular complexity index is 1370. The third-order valence-electron chi connectivity index (χ3n) is 6.63. The van der Waals surface area contributed by atoms with Gasteiger partial charge < -0.3 is 10.8 Å². The van der Waals surface area contributed by atoms with Crippen LogP contribution in [-0.4, -0.2) is 46.8 Å². The highest BCUT2D eigenvalue weighted by molar-refractivity contribution is 7.92. The summed E-state index contributed by atoms with van der Waals surface area (Å²) in [7, 11) is -3.66. The molecule has 4 rings (SSSR count). The number of aliphatic hydroxyl groups is 1. The number of sulfone groups is 1. The zero-order chi connectivity index (χ0) is 23.8. The second-order valence-corrected chi connectivity index (χ2v) is 11.4. The lowest BCUT2D eigenvalue weighted by molar-refractivity contribution is -0.120. The molecule has 7 nitrogen and oxygen atoms in total. The predicted octanol–water partition coefficient (Wildman–Crippen LogP) is 2.21. The van der Waals surface area contributed by atoms with E-state index in [9.17, 15) is 18.3 Å². The number of hydrogen-bond donors (Lipinski definition) is 2. The largest absolute Gasteiger partial charge is 0.396 e. The van der Waals surface area contributed by atoms with Gasteiger partial charge in [0, 0.05) is 35.9 Å². The highest BCUT2D eigenvalue weighted by Gasteiger charge is 2.41. The Kier molecular flexibility index (Phi) is 6.04. The van der Waals surface area contributed by atoms with Gasteiger partial charge in [0.1, 0.15) is 4.75 Å². The Balaban J connectivity index is 1.48. The van der Waals surface area contributed by atoms with Crippen molar-refractivity contribution in [3.05, 3.63) is 65.4 Å². The number of fused-ring (bicyclic) bond motifs is 1. The van der Waals surface area contributed by atoms with Crippen LogP contribution >= 0.6 is 0 Å². The van der Waals surface area contributed by atoms with Crippen molar-refractivity contribution in [3.63, 3.8) is 0 Å². The number of primary amides is 1. The summed E-state index contributed by atoms with van der Waals surface area (Å²) in [6, 6.07) is 13.9. The Hall–Kier alpha value is -3.15. The zero-order valence-electron chi connectivity index (χ0n) is 18.7. The van der Waals surface area contributed by atoms with E-state index in [-0.39, 0.29) is 19.6 Å². The van der Waals surface area contributed by atoms with Gasteiger partial charge in [-0.15, -0.1) is 0 Å². The molecule has 3 N–H and O–H groups in total. The zero-order valence-corrected chi connectivity index (χ0v) is 19.5. The minimum Gasteiger partial charge on any atom is -0.396 e. The van der Waals surface area contributed by atoms with E-state index in [0.717, 1.165) is 34.7 Å². The van der Waals surface area contributed by atoms with Crippen LogP contribution in [0, 0.1) is 17.8 Å². The predicted molar refractivity (Wildman–Crippen MR) is 127 cm³/mol. The van der Waals surface area contributed by atoms with E-state index < -0.39 is 20.5 Å². The van der Waals surface area contributed by atoms with Gasteiger partial charge in [-0.2, -0.15) is 5.10 Å². The first-order valence-corrected chi connectivity index (χ1v) is 12.7. The molecule has 0 radical (unpaired) electrons. The third kappa shape index (κ3) is 4.65. The fourth-order valence-electron chi connectivity index (χ4n) is 3.97. The number of benzene rings is 2. The summed E-state index contributed by atoms with van der Waals surface area (Å²) in [6.45, 7) is 1.84. The second kappa shape index (κ2) is 8.65. The summed E-state index contributed by atoms with van der Waals surface area (Å²) in [5.74, 6) is 6.34. The number of nitrogens with two attached hydrogens (primary N) is 1. The molecule has 1 aliphatic carbocycles. The van der Waals surface area contributed by atoms with E-state index in [0.29, 0.717) is 11.8 Å². The van der Waals surface area contributed by atoms with E-state index in [1.807, 2.05) is 30.3 Å². The van der Waals surface area contributed by atoms with E-state index in [4.69, 9.17) is 5.73 Å². The fourth-order valence-corrected chi connectivity index (χ4v) is 4.80. The van der Waals surface area contributed by atoms with E-state index in [2.05, 4.69) is 29.1 Å². The molecule has 1 fully saturated rings. The van der Waals surface area contributed by atoms with Gasteiger partial charge in [-0.1, -0.05) is 24.0 Å². The molecule has 0 bridgehead atoms. The van der Waals surface area contributed by atoms with Gasteiger partial charge in [0.25, 0.3) is 0 Å². The van der Waals surface area contributed by atoms with Crippen LogP contribution in [-0.2, 0) is 21.2 Å². The molecular formula is C25H27N3O4S. The van der Waals surface area contributed by atoms with Crippen LogP contribution in [0.4, 0.5) is 0 Å². The molecule has 2 aromatic carbocycles. The molecule has 0 saturated heterocycles. The van der Waals surface area contributed by atoms with E-state index in [1.54, 1.807) is 10.9 Å². The molecule has 1 heterocycles. The SMILES string of the molecule is CC(CCn1ncc2cc(C#Cc3ccc([C@H]4C[C@@H]4CO)cc3)ccc21)(C(N)=O)S(C)(=O)=O. The van der Waals surface area contributed by atoms with Crippen LogP contribution in [0.5, 0.6) is 0 Å². The van der Waals surface area contributed by atoms with Gasteiger partial charge >= 0.3 is 0 Å². The molecule has 3 aromatic rings. The summed E-state index contributed by atoms with van der Waals surface area (Å²) in [4.78, 5) is 11.8. The number of aliphatic hydroxyl groups excluding tert-OH is 1. The Morgan fingerprint density at radius 2 is 1.88 bits per heavy atom. The van der Waals surface area contributed by atoms with Crippen molar-refractivity contribution in [1.29, 1.82) is 0 Å². The number of carbonyl (C=O) groups excluding carboxylic acids is 1. The first kappa shape index (κ1) is 23.0. The molecule has 1 aromatic heterocycles. The maximum Gasteiger partial charge on any atom is 0.238 e. The Labute approximate surface area is 193 Å². The monoisotopic (exact) mass is 465 g/mol. The normalized spacial score (nSPS) is 19.5. The average molecular weight is 466 g/mol. The topological polar surface area (TPSA) is 115 Å². The standard InChI is InChI=1S/C25H27N3O4S/c1-25(24(26)30,33(2,31)32)11-12-28-23-10-7-18(13-20(23)15-27-28)4-3-17-5-8-19(9-6-17)22-14-21(22)16-29/h5-10,13,15,21-22,29H,11-12,14,16H2,1-2H3,(H2,26,30)/t21-,22-,25?/m1/s1. The first-order valence-electron chi connectivity index (χ1n) is 10.8. The van der Waals surface area contributed by atoms with Crippen LogP contribution in [0.2, 0.25) is 0 Å². The number of nitrogens with zero attached hydrogens (tertiary/aromatic N) is 2. The molecule has 33 heavy (non-hydrogen) atoms. The first-order chi connectivity index (χ1) is 15.6. The third-order valence-corrected chi connectivity index (χ3v) is 8.67. The van der Waals surface area contributed by atoms with Crippen molar-refractivity contribution in [2.45, 2.75) is 37.0 Å². The van der Waals surface area contributed by atoms with Crippen LogP contribution in [0.15, 0.2) is 48.7 Å². The minimum absolute atomic E-state index is 0.0371. The summed E-state index contributed by atoms with van der Waals surface area (Å²) in [5, 5.41) is 14.5. The minimum atomic E-state index is -3.66. The van der Waals surface area contributed by atoms with E-state index in [1.165, 1.54) is 12.5 Å². The van der Waals surface area contributed by atoms with Crippen LogP contribution < -0.4 is 5.73 Å². The van der Waals surface area contributed by atoms with Crippen molar-refractivity contribution in [3.8, 4) is 11.8 Å². The highest BCUT2D eigenvalue weighted by atomic mass is 32.2. The van der Waals surface area contributed by atoms with Gasteiger partial charge in [0.05, 0.1) is 11.7 Å². The molecule has 1 amide bonds. The second-order valence-electron chi connectivity index (χ2n) is 8.92. The molecule has 1 aliphatic rings. The van der Waals surface area contributed by atoms with Gasteiger partial charge in [-0.3, -0.25) is 9.48 Å². The van der Waals surface area contributed by atoms with Crippen LogP contribution in [0.1, 0.15) is 42.4 Å². The number of amides is 1. The fraction of sp³-hybridized carbons (Fsp3) is 0.360. The molecule has 3 atom stereocenters. The highest BCUT2D eigenvalue weighted by Crippen LogP contribution is 2.46. The van der Waals surface area contributed by atoms with Crippen molar-refractivity contribution in [2.75, 3.05) is 12.9 Å². The summed E-state index contributed by atoms with van der Waals surface area (Å²) < 4.78 is 24.2. The quantitative estimate of drug-likeness (QED) is 0.519. The molecule has 1 saturated carbocycles. The number of carbonyl (C=O) groups is 1. The summed E-state index contributed by atoms with van der Waals surface area (Å²) in [6.07, 6.45) is 3.81. The number of aryl methyl sites for hydroxylation is 1. The average Bonchev–Trinajstić information content (AvgIpc) is 3.47. The maximum absolute atomic E-state index is 12.1. The lowest BCUT2D eigenvalue weighted by Gasteiger charge is -2.23. The maximum atomic E-state index is 12.1. The van der Waals surface area contributed by atoms with E-state index >= 15 is 0 Å². The van der Waals surface area contributed by atoms with Gasteiger partial charge in [-0.25, -0.2) is 8.42 Å². The van der Waals surface area contributed by atoms with Crippen molar-refractivity contribution < 1.29 is 18.3 Å². The van der Waals surface area contributed by atoms with Gasteiger partial charge in [-0.05, 0) is 67.5 Å². The molecular weight excluding hydrogens is 438 g/mol. The number of rotatable bonds is 7. The van der Waals surface area contributed by atoms with Crippen molar-refractivity contribution >= 4 is 26.6 Å². The Morgan fingerprint density at radius 3 is 2.48 bits per heavy atom.